The Morgan fingerprint density at radius 3 is 2.15 bits per heavy atom. The van der Waals surface area contributed by atoms with Crippen LogP contribution < -0.4 is 10.6 Å². The molecular formula is C24H28I2N2O6. The maximum atomic E-state index is 13.2. The summed E-state index contributed by atoms with van der Waals surface area (Å²) in [6.07, 6.45) is -0.238. The number of rotatable bonds is 10. The van der Waals surface area contributed by atoms with Crippen molar-refractivity contribution in [2.24, 2.45) is 5.92 Å². The molecule has 2 atom stereocenters. The molecule has 2 amide bonds. The van der Waals surface area contributed by atoms with E-state index >= 15 is 0 Å². The fourth-order valence-electron chi connectivity index (χ4n) is 3.19. The SMILES string of the molecule is COC(=O)[C@H](CC(C)C)NC(=O)[C@@H](Cc1cc(I)c(O)c(I)c1)NC(=O)OCc1ccccc1. The summed E-state index contributed by atoms with van der Waals surface area (Å²) in [4.78, 5) is 37.9. The quantitative estimate of drug-likeness (QED) is 0.255. The molecule has 3 N–H and O–H groups in total. The Bertz CT molecular complexity index is 977. The zero-order chi connectivity index (χ0) is 25.3. The molecule has 0 bridgehead atoms. The smallest absolute Gasteiger partial charge is 0.408 e. The predicted octanol–water partition coefficient (Wildman–Crippen LogP) is 4.14. The van der Waals surface area contributed by atoms with Crippen LogP contribution in [-0.2, 0) is 32.1 Å². The first-order valence-electron chi connectivity index (χ1n) is 10.6. The molecule has 2 aromatic rings. The molecule has 34 heavy (non-hydrogen) atoms. The summed E-state index contributed by atoms with van der Waals surface area (Å²) in [5.41, 5.74) is 1.54. The molecule has 8 nitrogen and oxygen atoms in total. The van der Waals surface area contributed by atoms with Gasteiger partial charge < -0.3 is 25.2 Å². The standard InChI is InChI=1S/C24H28I2N2O6/c1-14(2)9-20(23(31)33-3)27-22(30)19(12-16-10-17(25)21(29)18(26)11-16)28-24(32)34-13-15-7-5-4-6-8-15/h4-8,10-11,14,19-20,29H,9,12-13H2,1-3H3,(H,27,30)(H,28,32)/t19-,20+/m1/s1. The van der Waals surface area contributed by atoms with E-state index in [1.54, 1.807) is 12.1 Å². The fourth-order valence-corrected chi connectivity index (χ4v) is 5.09. The van der Waals surface area contributed by atoms with Gasteiger partial charge in [0.25, 0.3) is 0 Å². The lowest BCUT2D eigenvalue weighted by molar-refractivity contribution is -0.145. The Labute approximate surface area is 226 Å². The first-order chi connectivity index (χ1) is 16.1. The number of hydrogen-bond acceptors (Lipinski definition) is 6. The van der Waals surface area contributed by atoms with Gasteiger partial charge in [0.2, 0.25) is 5.91 Å². The van der Waals surface area contributed by atoms with E-state index in [9.17, 15) is 19.5 Å². The molecule has 2 aromatic carbocycles. The van der Waals surface area contributed by atoms with E-state index in [0.717, 1.165) is 11.1 Å². The van der Waals surface area contributed by atoms with Crippen LogP contribution in [0.4, 0.5) is 4.79 Å². The number of amides is 2. The van der Waals surface area contributed by atoms with E-state index in [-0.39, 0.29) is 24.7 Å². The van der Waals surface area contributed by atoms with Crippen molar-refractivity contribution in [1.29, 1.82) is 0 Å². The van der Waals surface area contributed by atoms with E-state index < -0.39 is 30.1 Å². The van der Waals surface area contributed by atoms with Gasteiger partial charge in [-0.15, -0.1) is 0 Å². The van der Waals surface area contributed by atoms with Crippen molar-refractivity contribution in [3.8, 4) is 5.75 Å². The van der Waals surface area contributed by atoms with Crippen molar-refractivity contribution in [1.82, 2.24) is 10.6 Å². The molecule has 0 fully saturated rings. The Hall–Kier alpha value is -2.09. The summed E-state index contributed by atoms with van der Waals surface area (Å²) >= 11 is 4.01. The Morgan fingerprint density at radius 1 is 0.971 bits per heavy atom. The second-order valence-electron chi connectivity index (χ2n) is 8.08. The van der Waals surface area contributed by atoms with Crippen molar-refractivity contribution < 1.29 is 29.0 Å². The van der Waals surface area contributed by atoms with E-state index in [1.165, 1.54) is 7.11 Å². The third-order valence-electron chi connectivity index (χ3n) is 4.85. The van der Waals surface area contributed by atoms with Crippen LogP contribution in [0.5, 0.6) is 5.75 Å². The van der Waals surface area contributed by atoms with Crippen LogP contribution >= 0.6 is 45.2 Å². The average molecular weight is 694 g/mol. The lowest BCUT2D eigenvalue weighted by atomic mass is 10.0. The summed E-state index contributed by atoms with van der Waals surface area (Å²) in [5, 5.41) is 15.4. The number of alkyl carbamates (subject to hydrolysis) is 1. The van der Waals surface area contributed by atoms with Crippen LogP contribution in [0.25, 0.3) is 0 Å². The van der Waals surface area contributed by atoms with Crippen LogP contribution in [0.2, 0.25) is 0 Å². The Morgan fingerprint density at radius 2 is 1.59 bits per heavy atom. The van der Waals surface area contributed by atoms with Gasteiger partial charge in [0.15, 0.2) is 0 Å². The molecule has 184 valence electrons. The van der Waals surface area contributed by atoms with Crippen molar-refractivity contribution in [2.75, 3.05) is 7.11 Å². The maximum Gasteiger partial charge on any atom is 0.408 e. The first kappa shape index (κ1) is 28.1. The second kappa shape index (κ2) is 13.7. The molecule has 0 saturated carbocycles. The minimum Gasteiger partial charge on any atom is -0.506 e. The highest BCUT2D eigenvalue weighted by molar-refractivity contribution is 14.1. The Balaban J connectivity index is 2.20. The first-order valence-corrected chi connectivity index (χ1v) is 12.8. The van der Waals surface area contributed by atoms with Crippen LogP contribution in [0.15, 0.2) is 42.5 Å². The Kier molecular flexibility index (Phi) is 11.4. The molecule has 0 aliphatic carbocycles. The molecule has 0 aromatic heterocycles. The zero-order valence-corrected chi connectivity index (χ0v) is 23.5. The number of carbonyl (C=O) groups is 3. The van der Waals surface area contributed by atoms with E-state index in [2.05, 4.69) is 10.6 Å². The highest BCUT2D eigenvalue weighted by Crippen LogP contribution is 2.28. The summed E-state index contributed by atoms with van der Waals surface area (Å²) in [7, 11) is 1.26. The lowest BCUT2D eigenvalue weighted by Gasteiger charge is -2.23. The van der Waals surface area contributed by atoms with Gasteiger partial charge >= 0.3 is 12.1 Å². The van der Waals surface area contributed by atoms with Crippen LogP contribution in [0.3, 0.4) is 0 Å². The zero-order valence-electron chi connectivity index (χ0n) is 19.1. The topological polar surface area (TPSA) is 114 Å². The molecule has 0 aliphatic heterocycles. The average Bonchev–Trinajstić information content (AvgIpc) is 2.80. The number of methoxy groups -OCH3 is 1. The van der Waals surface area contributed by atoms with Gasteiger partial charge in [0.1, 0.15) is 24.4 Å². The normalized spacial score (nSPS) is 12.5. The third kappa shape index (κ3) is 8.93. The third-order valence-corrected chi connectivity index (χ3v) is 6.49. The van der Waals surface area contributed by atoms with Crippen LogP contribution in [0, 0.1) is 13.1 Å². The molecule has 0 spiro atoms. The largest absolute Gasteiger partial charge is 0.506 e. The summed E-state index contributed by atoms with van der Waals surface area (Å²) in [5.74, 6) is -0.803. The molecule has 0 saturated heterocycles. The molecular weight excluding hydrogens is 666 g/mol. The number of aromatic hydroxyl groups is 1. The number of esters is 1. The lowest BCUT2D eigenvalue weighted by Crippen LogP contribution is -2.53. The van der Waals surface area contributed by atoms with Crippen LogP contribution in [-0.4, -0.2) is 42.3 Å². The maximum absolute atomic E-state index is 13.2. The molecule has 0 unspecified atom stereocenters. The van der Waals surface area contributed by atoms with E-state index in [4.69, 9.17) is 9.47 Å². The highest BCUT2D eigenvalue weighted by atomic mass is 127. The second-order valence-corrected chi connectivity index (χ2v) is 10.4. The number of ether oxygens (including phenoxy) is 2. The highest BCUT2D eigenvalue weighted by Gasteiger charge is 2.29. The molecule has 0 heterocycles. The number of halogens is 2. The molecule has 0 radical (unpaired) electrons. The molecule has 10 heteroatoms. The van der Waals surface area contributed by atoms with Crippen molar-refractivity contribution in [2.45, 2.75) is 45.4 Å². The van der Waals surface area contributed by atoms with Gasteiger partial charge in [-0.3, -0.25) is 4.79 Å². The number of benzene rings is 2. The predicted molar refractivity (Wildman–Crippen MR) is 144 cm³/mol. The summed E-state index contributed by atoms with van der Waals surface area (Å²) in [6, 6.07) is 10.8. The molecule has 0 aliphatic rings. The van der Waals surface area contributed by atoms with Gasteiger partial charge in [-0.2, -0.15) is 0 Å². The van der Waals surface area contributed by atoms with Crippen molar-refractivity contribution in [3.05, 3.63) is 60.7 Å². The van der Waals surface area contributed by atoms with E-state index in [1.807, 2.05) is 89.4 Å². The monoisotopic (exact) mass is 694 g/mol. The van der Waals surface area contributed by atoms with Crippen molar-refractivity contribution in [3.63, 3.8) is 0 Å². The van der Waals surface area contributed by atoms with Gasteiger partial charge in [0.05, 0.1) is 14.3 Å². The number of phenols is 1. The van der Waals surface area contributed by atoms with Gasteiger partial charge in [0, 0.05) is 6.42 Å². The summed E-state index contributed by atoms with van der Waals surface area (Å²) < 4.78 is 11.4. The van der Waals surface area contributed by atoms with Crippen LogP contribution in [0.1, 0.15) is 31.4 Å². The van der Waals surface area contributed by atoms with Gasteiger partial charge in [-0.05, 0) is 80.8 Å². The minimum atomic E-state index is -1.02. The summed E-state index contributed by atoms with van der Waals surface area (Å²) in [6.45, 7) is 3.91. The van der Waals surface area contributed by atoms with Crippen molar-refractivity contribution >= 4 is 63.2 Å². The number of hydrogen-bond donors (Lipinski definition) is 3. The van der Waals surface area contributed by atoms with Gasteiger partial charge in [-0.25, -0.2) is 9.59 Å². The number of phenolic OH excluding ortho intramolecular Hbond substituents is 1. The number of carbonyl (C=O) groups excluding carboxylic acids is 3. The van der Waals surface area contributed by atoms with Gasteiger partial charge in [-0.1, -0.05) is 44.2 Å². The number of nitrogens with one attached hydrogen (secondary N) is 2. The van der Waals surface area contributed by atoms with E-state index in [0.29, 0.717) is 13.6 Å². The minimum absolute atomic E-state index is 0.0498. The fraction of sp³-hybridized carbons (Fsp3) is 0.375. The molecule has 2 rings (SSSR count).